The minimum Gasteiger partial charge on any atom is -0.394 e. The predicted molar refractivity (Wildman–Crippen MR) is 58.1 cm³/mol. The van der Waals surface area contributed by atoms with Gasteiger partial charge in [-0.25, -0.2) is 0 Å². The number of rotatable bonds is 2. The molecule has 0 radical (unpaired) electrons. The van der Waals surface area contributed by atoms with Crippen LogP contribution in [0.2, 0.25) is 0 Å². The lowest BCUT2D eigenvalue weighted by Crippen LogP contribution is -2.13. The standard InChI is InChI=1S/C9H12BrNOS/c10-8-5-2-1-3-7(5)13-9(8)6(11)4-12/h6,12H,1-4,11H2. The largest absolute Gasteiger partial charge is 0.394 e. The number of aliphatic hydroxyl groups excluding tert-OH is 1. The average molecular weight is 262 g/mol. The molecule has 1 aromatic rings. The highest BCUT2D eigenvalue weighted by atomic mass is 79.9. The van der Waals surface area contributed by atoms with Gasteiger partial charge in [-0.3, -0.25) is 0 Å². The Morgan fingerprint density at radius 1 is 1.54 bits per heavy atom. The molecule has 1 aliphatic carbocycles. The van der Waals surface area contributed by atoms with Crippen LogP contribution in [0.4, 0.5) is 0 Å². The predicted octanol–water partition coefficient (Wildman–Crippen LogP) is 1.99. The van der Waals surface area contributed by atoms with Crippen molar-refractivity contribution in [3.05, 3.63) is 19.8 Å². The summed E-state index contributed by atoms with van der Waals surface area (Å²) in [6, 6.07) is -0.218. The van der Waals surface area contributed by atoms with Crippen LogP contribution in [0.1, 0.15) is 27.8 Å². The molecular formula is C9H12BrNOS. The molecule has 0 spiro atoms. The molecule has 0 aromatic carbocycles. The van der Waals surface area contributed by atoms with E-state index in [1.807, 2.05) is 0 Å². The van der Waals surface area contributed by atoms with Crippen molar-refractivity contribution < 1.29 is 5.11 Å². The summed E-state index contributed by atoms with van der Waals surface area (Å²) in [6.07, 6.45) is 3.59. The minimum absolute atomic E-state index is 0.0258. The zero-order valence-electron chi connectivity index (χ0n) is 7.22. The Hall–Kier alpha value is 0.100. The first-order chi connectivity index (χ1) is 6.24. The molecule has 1 aliphatic rings. The Labute approximate surface area is 89.9 Å². The van der Waals surface area contributed by atoms with E-state index in [0.29, 0.717) is 0 Å². The quantitative estimate of drug-likeness (QED) is 0.856. The van der Waals surface area contributed by atoms with Crippen LogP contribution in [-0.4, -0.2) is 11.7 Å². The highest BCUT2D eigenvalue weighted by Gasteiger charge is 2.22. The van der Waals surface area contributed by atoms with Crippen LogP contribution in [0.25, 0.3) is 0 Å². The van der Waals surface area contributed by atoms with E-state index in [9.17, 15) is 0 Å². The van der Waals surface area contributed by atoms with E-state index < -0.39 is 0 Å². The first-order valence-electron chi connectivity index (χ1n) is 4.40. The smallest absolute Gasteiger partial charge is 0.0636 e. The molecule has 2 nitrogen and oxygen atoms in total. The first kappa shape index (κ1) is 9.65. The minimum atomic E-state index is -0.218. The number of halogens is 1. The van der Waals surface area contributed by atoms with Crippen molar-refractivity contribution in [2.45, 2.75) is 25.3 Å². The van der Waals surface area contributed by atoms with Gasteiger partial charge in [0.25, 0.3) is 0 Å². The molecule has 3 N–H and O–H groups in total. The summed E-state index contributed by atoms with van der Waals surface area (Å²) in [4.78, 5) is 2.55. The van der Waals surface area contributed by atoms with Gasteiger partial charge in [0.1, 0.15) is 0 Å². The fourth-order valence-electron chi connectivity index (χ4n) is 1.71. The summed E-state index contributed by atoms with van der Waals surface area (Å²) in [5.41, 5.74) is 7.21. The molecule has 1 heterocycles. The number of nitrogens with two attached hydrogens (primary N) is 1. The van der Waals surface area contributed by atoms with Crippen LogP contribution in [0, 0.1) is 0 Å². The summed E-state index contributed by atoms with van der Waals surface area (Å²) in [6.45, 7) is 0.0258. The van der Waals surface area contributed by atoms with E-state index in [1.54, 1.807) is 11.3 Å². The zero-order valence-corrected chi connectivity index (χ0v) is 9.62. The van der Waals surface area contributed by atoms with Crippen molar-refractivity contribution >= 4 is 27.3 Å². The Bertz CT molecular complexity index is 324. The fourth-order valence-corrected chi connectivity index (χ4v) is 4.09. The number of aliphatic hydroxyl groups is 1. The fraction of sp³-hybridized carbons (Fsp3) is 0.556. The highest BCUT2D eigenvalue weighted by molar-refractivity contribution is 9.10. The molecule has 0 amide bonds. The van der Waals surface area contributed by atoms with E-state index in [1.165, 1.54) is 23.3 Å². The topological polar surface area (TPSA) is 46.2 Å². The van der Waals surface area contributed by atoms with Gasteiger partial charge in [0, 0.05) is 14.2 Å². The average Bonchev–Trinajstić information content (AvgIpc) is 2.68. The van der Waals surface area contributed by atoms with Crippen LogP contribution in [0.15, 0.2) is 4.47 Å². The maximum absolute atomic E-state index is 8.96. The Morgan fingerprint density at radius 2 is 2.31 bits per heavy atom. The second-order valence-corrected chi connectivity index (χ2v) is 5.25. The normalized spacial score (nSPS) is 17.5. The molecule has 1 aromatic heterocycles. The molecule has 0 saturated carbocycles. The van der Waals surface area contributed by atoms with Crippen molar-refractivity contribution in [1.29, 1.82) is 0 Å². The lowest BCUT2D eigenvalue weighted by Gasteiger charge is -2.06. The zero-order chi connectivity index (χ0) is 9.42. The molecule has 2 rings (SSSR count). The summed E-state index contributed by atoms with van der Waals surface area (Å²) in [5.74, 6) is 0. The maximum Gasteiger partial charge on any atom is 0.0636 e. The number of aryl methyl sites for hydroxylation is 1. The van der Waals surface area contributed by atoms with E-state index in [-0.39, 0.29) is 12.6 Å². The second-order valence-electron chi connectivity index (χ2n) is 3.32. The molecule has 0 aliphatic heterocycles. The summed E-state index contributed by atoms with van der Waals surface area (Å²) < 4.78 is 1.14. The molecule has 4 heteroatoms. The van der Waals surface area contributed by atoms with Gasteiger partial charge in [-0.2, -0.15) is 0 Å². The molecule has 0 saturated heterocycles. The van der Waals surface area contributed by atoms with Crippen LogP contribution in [0.5, 0.6) is 0 Å². The van der Waals surface area contributed by atoms with Gasteiger partial charge in [-0.05, 0) is 40.8 Å². The lowest BCUT2D eigenvalue weighted by molar-refractivity contribution is 0.269. The molecule has 1 unspecified atom stereocenters. The highest BCUT2D eigenvalue weighted by Crippen LogP contribution is 2.40. The Kier molecular flexibility index (Phi) is 2.74. The molecule has 0 fully saturated rings. The lowest BCUT2D eigenvalue weighted by atomic mass is 10.2. The molecular weight excluding hydrogens is 250 g/mol. The van der Waals surface area contributed by atoms with Crippen LogP contribution >= 0.6 is 27.3 Å². The van der Waals surface area contributed by atoms with Gasteiger partial charge in [0.05, 0.1) is 12.6 Å². The van der Waals surface area contributed by atoms with Crippen LogP contribution < -0.4 is 5.73 Å². The number of fused-ring (bicyclic) bond motifs is 1. The van der Waals surface area contributed by atoms with Gasteiger partial charge >= 0.3 is 0 Å². The number of hydrogen-bond donors (Lipinski definition) is 2. The van der Waals surface area contributed by atoms with Crippen molar-refractivity contribution in [1.82, 2.24) is 0 Å². The van der Waals surface area contributed by atoms with Crippen molar-refractivity contribution in [3.63, 3.8) is 0 Å². The first-order valence-corrected chi connectivity index (χ1v) is 6.01. The maximum atomic E-state index is 8.96. The third-order valence-corrected chi connectivity index (χ3v) is 5.01. The summed E-state index contributed by atoms with van der Waals surface area (Å²) in [7, 11) is 0. The van der Waals surface area contributed by atoms with Gasteiger partial charge in [-0.15, -0.1) is 11.3 Å². The SMILES string of the molecule is NC(CO)c1sc2c(c1Br)CCC2. The Balaban J connectivity index is 2.38. The number of hydrogen-bond acceptors (Lipinski definition) is 3. The summed E-state index contributed by atoms with van der Waals surface area (Å²) >= 11 is 5.31. The molecule has 0 bridgehead atoms. The van der Waals surface area contributed by atoms with E-state index >= 15 is 0 Å². The van der Waals surface area contributed by atoms with E-state index in [0.717, 1.165) is 15.8 Å². The van der Waals surface area contributed by atoms with Gasteiger partial charge in [-0.1, -0.05) is 0 Å². The third kappa shape index (κ3) is 1.56. The van der Waals surface area contributed by atoms with E-state index in [2.05, 4.69) is 15.9 Å². The van der Waals surface area contributed by atoms with Gasteiger partial charge in [0.15, 0.2) is 0 Å². The second kappa shape index (κ2) is 3.69. The van der Waals surface area contributed by atoms with Crippen molar-refractivity contribution in [2.24, 2.45) is 5.73 Å². The Morgan fingerprint density at radius 3 is 2.92 bits per heavy atom. The van der Waals surface area contributed by atoms with Gasteiger partial charge < -0.3 is 10.8 Å². The van der Waals surface area contributed by atoms with E-state index in [4.69, 9.17) is 10.8 Å². The van der Waals surface area contributed by atoms with Crippen LogP contribution in [0.3, 0.4) is 0 Å². The third-order valence-electron chi connectivity index (χ3n) is 2.42. The molecule has 1 atom stereocenters. The number of thiophene rings is 1. The van der Waals surface area contributed by atoms with Crippen molar-refractivity contribution in [3.8, 4) is 0 Å². The van der Waals surface area contributed by atoms with Gasteiger partial charge in [0.2, 0.25) is 0 Å². The molecule has 13 heavy (non-hydrogen) atoms. The molecule has 72 valence electrons. The van der Waals surface area contributed by atoms with Crippen molar-refractivity contribution in [2.75, 3.05) is 6.61 Å². The van der Waals surface area contributed by atoms with Crippen LogP contribution in [-0.2, 0) is 12.8 Å². The summed E-state index contributed by atoms with van der Waals surface area (Å²) in [5, 5.41) is 8.96. The monoisotopic (exact) mass is 261 g/mol.